The molecule has 1 atom stereocenters. The summed E-state index contributed by atoms with van der Waals surface area (Å²) in [5, 5.41) is 0.832. The van der Waals surface area contributed by atoms with Crippen LogP contribution in [0.4, 0.5) is 5.82 Å². The third-order valence-corrected chi connectivity index (χ3v) is 6.98. The molecule has 2 aromatic carbocycles. The number of aromatic nitrogens is 2. The van der Waals surface area contributed by atoms with Crippen molar-refractivity contribution in [3.63, 3.8) is 0 Å². The van der Waals surface area contributed by atoms with Gasteiger partial charge in [0.05, 0.1) is 17.6 Å². The Bertz CT molecular complexity index is 1200. The first kappa shape index (κ1) is 34.1. The summed E-state index contributed by atoms with van der Waals surface area (Å²) in [6.45, 7) is 20.5. The Morgan fingerprint density at radius 3 is 2.33 bits per heavy atom. The van der Waals surface area contributed by atoms with Crippen LogP contribution in [0, 0.1) is 20.8 Å². The van der Waals surface area contributed by atoms with Crippen molar-refractivity contribution in [3.05, 3.63) is 94.0 Å². The van der Waals surface area contributed by atoms with Gasteiger partial charge in [-0.25, -0.2) is 9.97 Å². The lowest BCUT2D eigenvalue weighted by Crippen LogP contribution is -2.19. The molecule has 5 heteroatoms. The van der Waals surface area contributed by atoms with E-state index in [0.717, 1.165) is 33.1 Å². The third-order valence-electron chi connectivity index (χ3n) is 6.48. The van der Waals surface area contributed by atoms with Gasteiger partial charge in [0.1, 0.15) is 5.82 Å². The van der Waals surface area contributed by atoms with E-state index in [1.807, 2.05) is 26.0 Å². The van der Waals surface area contributed by atoms with Crippen LogP contribution in [0.2, 0.25) is 5.02 Å². The van der Waals surface area contributed by atoms with Crippen LogP contribution < -0.4 is 5.73 Å². The van der Waals surface area contributed by atoms with Crippen LogP contribution >= 0.6 is 11.6 Å². The molecule has 0 aliphatic heterocycles. The van der Waals surface area contributed by atoms with Gasteiger partial charge in [-0.1, -0.05) is 81.3 Å². The molecule has 1 unspecified atom stereocenters. The lowest BCUT2D eigenvalue weighted by atomic mass is 9.91. The van der Waals surface area contributed by atoms with E-state index in [0.29, 0.717) is 12.2 Å². The van der Waals surface area contributed by atoms with Crippen LogP contribution in [0.1, 0.15) is 80.8 Å². The summed E-state index contributed by atoms with van der Waals surface area (Å²) in [6, 6.07) is 12.4. The Morgan fingerprint density at radius 2 is 1.74 bits per heavy atom. The third kappa shape index (κ3) is 11.8. The zero-order chi connectivity index (χ0) is 29.4. The molecule has 212 valence electrons. The van der Waals surface area contributed by atoms with E-state index < -0.39 is 0 Å². The lowest BCUT2D eigenvalue weighted by Gasteiger charge is -2.18. The Balaban J connectivity index is 0.000000489. The minimum Gasteiger partial charge on any atom is -0.382 e. The van der Waals surface area contributed by atoms with Crippen molar-refractivity contribution in [2.45, 2.75) is 80.1 Å². The van der Waals surface area contributed by atoms with E-state index >= 15 is 0 Å². The van der Waals surface area contributed by atoms with Crippen LogP contribution in [0.5, 0.6) is 0 Å². The molecule has 39 heavy (non-hydrogen) atoms. The van der Waals surface area contributed by atoms with Crippen molar-refractivity contribution in [2.24, 2.45) is 0 Å². The van der Waals surface area contributed by atoms with Gasteiger partial charge in [-0.2, -0.15) is 0 Å². The number of aryl methyl sites for hydroxylation is 3. The molecule has 1 heterocycles. The van der Waals surface area contributed by atoms with Crippen LogP contribution in [0.3, 0.4) is 0 Å². The maximum absolute atomic E-state index is 6.58. The molecule has 0 saturated heterocycles. The summed E-state index contributed by atoms with van der Waals surface area (Å²) in [7, 11) is 2.19. The maximum atomic E-state index is 6.58. The highest BCUT2D eigenvalue weighted by Crippen LogP contribution is 2.33. The van der Waals surface area contributed by atoms with Gasteiger partial charge in [0.15, 0.2) is 0 Å². The van der Waals surface area contributed by atoms with Gasteiger partial charge in [0.25, 0.3) is 0 Å². The normalized spacial score (nSPS) is 11.0. The maximum Gasteiger partial charge on any atom is 0.145 e. The second kappa shape index (κ2) is 18.4. The summed E-state index contributed by atoms with van der Waals surface area (Å²) < 4.78 is 0. The number of benzene rings is 2. The van der Waals surface area contributed by atoms with E-state index in [9.17, 15) is 0 Å². The van der Waals surface area contributed by atoms with E-state index in [1.54, 1.807) is 12.3 Å². The average molecular weight is 549 g/mol. The fourth-order valence-corrected chi connectivity index (χ4v) is 4.65. The van der Waals surface area contributed by atoms with Gasteiger partial charge in [0.2, 0.25) is 0 Å². The largest absolute Gasteiger partial charge is 0.382 e. The zero-order valence-corrected chi connectivity index (χ0v) is 26.2. The molecule has 0 amide bonds. The fourth-order valence-electron chi connectivity index (χ4n) is 4.25. The van der Waals surface area contributed by atoms with Crippen LogP contribution in [-0.4, -0.2) is 35.0 Å². The first-order valence-corrected chi connectivity index (χ1v) is 14.4. The smallest absolute Gasteiger partial charge is 0.145 e. The monoisotopic (exact) mass is 548 g/mol. The summed E-state index contributed by atoms with van der Waals surface area (Å²) in [5.74, 6) is 0.682. The van der Waals surface area contributed by atoms with E-state index in [-0.39, 0.29) is 5.92 Å². The number of allylic oxidation sites excluding steroid dienone is 1. The first-order valence-electron chi connectivity index (χ1n) is 14.0. The molecule has 0 aliphatic carbocycles. The molecule has 1 aromatic heterocycles. The molecule has 0 fully saturated rings. The molecule has 0 aliphatic rings. The number of hydrogen-bond donors (Lipinski definition) is 1. The standard InChI is InChI=1S/C22H24ClN3.C8H19N.C4H6/c1-13-6-5-7-17(10-13)19-12-25-22(24)18(26-19)11-16(4)20-14(2)8-9-15(3)21(20)23;1-4-6-8-9(3)7-5-2;1-3-4-2/h5-10,12,16H,11H2,1-4H3,(H2,24,25);4-8H2,1-3H3;4H,1H2,2H3. The van der Waals surface area contributed by atoms with E-state index in [4.69, 9.17) is 22.3 Å². The molecule has 4 nitrogen and oxygen atoms in total. The van der Waals surface area contributed by atoms with Crippen molar-refractivity contribution in [2.75, 3.05) is 25.9 Å². The molecule has 3 aromatic rings. The van der Waals surface area contributed by atoms with Crippen LogP contribution in [-0.2, 0) is 6.42 Å². The Kier molecular flexibility index (Phi) is 16.1. The van der Waals surface area contributed by atoms with Gasteiger partial charge >= 0.3 is 0 Å². The number of nitrogens with zero attached hydrogens (tertiary/aromatic N) is 3. The number of halogens is 1. The molecule has 3 rings (SSSR count). The summed E-state index contributed by atoms with van der Waals surface area (Å²) in [4.78, 5) is 11.6. The summed E-state index contributed by atoms with van der Waals surface area (Å²) >= 11 is 6.58. The number of nitrogens with two attached hydrogens (primary N) is 1. The number of rotatable bonds is 9. The molecule has 0 bridgehead atoms. The molecule has 2 N–H and O–H groups in total. The molecular formula is C34H49ClN4. The molecule has 0 spiro atoms. The average Bonchev–Trinajstić information content (AvgIpc) is 2.91. The van der Waals surface area contributed by atoms with Crippen molar-refractivity contribution >= 4 is 17.4 Å². The quantitative estimate of drug-likeness (QED) is 0.271. The van der Waals surface area contributed by atoms with Crippen LogP contribution in [0.15, 0.2) is 61.0 Å². The molecular weight excluding hydrogens is 500 g/mol. The SMILES string of the molecule is C=C=CC.CCCCN(C)CCC.Cc1cccc(-c2cnc(N)c(CC(C)c3c(C)ccc(C)c3Cl)n2)c1. The highest BCUT2D eigenvalue weighted by molar-refractivity contribution is 6.32. The Labute approximate surface area is 243 Å². The topological polar surface area (TPSA) is 55.0 Å². The number of anilines is 1. The van der Waals surface area contributed by atoms with Crippen molar-refractivity contribution in [1.29, 1.82) is 0 Å². The van der Waals surface area contributed by atoms with Crippen LogP contribution in [0.25, 0.3) is 11.3 Å². The molecule has 0 radical (unpaired) electrons. The van der Waals surface area contributed by atoms with Crippen molar-refractivity contribution in [3.8, 4) is 11.3 Å². The minimum atomic E-state index is 0.201. The lowest BCUT2D eigenvalue weighted by molar-refractivity contribution is 0.329. The number of nitrogen functional groups attached to an aromatic ring is 1. The van der Waals surface area contributed by atoms with Gasteiger partial charge in [-0.3, -0.25) is 0 Å². The van der Waals surface area contributed by atoms with Gasteiger partial charge in [-0.15, -0.1) is 5.73 Å². The first-order chi connectivity index (χ1) is 18.6. The van der Waals surface area contributed by atoms with Gasteiger partial charge in [0, 0.05) is 17.0 Å². The Morgan fingerprint density at radius 1 is 1.08 bits per heavy atom. The number of unbranched alkanes of at least 4 members (excludes halogenated alkanes) is 1. The highest BCUT2D eigenvalue weighted by Gasteiger charge is 2.18. The van der Waals surface area contributed by atoms with Gasteiger partial charge < -0.3 is 10.6 Å². The van der Waals surface area contributed by atoms with Crippen molar-refractivity contribution in [1.82, 2.24) is 14.9 Å². The van der Waals surface area contributed by atoms with E-state index in [1.165, 1.54) is 43.5 Å². The number of hydrogen-bond acceptors (Lipinski definition) is 4. The highest BCUT2D eigenvalue weighted by atomic mass is 35.5. The zero-order valence-electron chi connectivity index (χ0n) is 25.4. The summed E-state index contributed by atoms with van der Waals surface area (Å²) in [5.41, 5.74) is 16.0. The van der Waals surface area contributed by atoms with Gasteiger partial charge in [-0.05, 0) is 95.4 Å². The van der Waals surface area contributed by atoms with E-state index in [2.05, 4.69) is 88.1 Å². The fraction of sp³-hybridized carbons (Fsp3) is 0.441. The van der Waals surface area contributed by atoms with Crippen molar-refractivity contribution < 1.29 is 0 Å². The summed E-state index contributed by atoms with van der Waals surface area (Å²) in [6.07, 6.45) is 8.14. The second-order valence-corrected chi connectivity index (χ2v) is 10.5. The Hall–Kier alpha value is -2.91. The predicted molar refractivity (Wildman–Crippen MR) is 172 cm³/mol. The predicted octanol–water partition coefficient (Wildman–Crippen LogP) is 9.13. The molecule has 0 saturated carbocycles. The second-order valence-electron chi connectivity index (χ2n) is 10.1. The minimum absolute atomic E-state index is 0.201.